The van der Waals surface area contributed by atoms with E-state index >= 15 is 0 Å². The molecule has 1 aromatic carbocycles. The number of amides is 1. The van der Waals surface area contributed by atoms with Crippen LogP contribution in [0.15, 0.2) is 34.9 Å². The van der Waals surface area contributed by atoms with Gasteiger partial charge in [0.1, 0.15) is 6.04 Å². The Morgan fingerprint density at radius 3 is 2.65 bits per heavy atom. The second-order valence-corrected chi connectivity index (χ2v) is 7.43. The summed E-state index contributed by atoms with van der Waals surface area (Å²) in [6, 6.07) is 7.79. The van der Waals surface area contributed by atoms with E-state index in [1.54, 1.807) is 30.3 Å². The fourth-order valence-electron chi connectivity index (χ4n) is 4.23. The number of carbonyl (C=O) groups is 2. The molecule has 0 spiro atoms. The van der Waals surface area contributed by atoms with Crippen LogP contribution in [0.2, 0.25) is 5.02 Å². The van der Waals surface area contributed by atoms with E-state index in [1.807, 2.05) is 0 Å². The van der Waals surface area contributed by atoms with E-state index in [1.165, 1.54) is 4.90 Å². The number of halogens is 1. The van der Waals surface area contributed by atoms with Crippen LogP contribution in [-0.4, -0.2) is 39.1 Å². The number of likely N-dealkylation sites (tertiary alicyclic amines) is 1. The van der Waals surface area contributed by atoms with Gasteiger partial charge >= 0.3 is 5.97 Å². The van der Waals surface area contributed by atoms with Gasteiger partial charge in [-0.15, -0.1) is 0 Å². The predicted molar refractivity (Wildman–Crippen MR) is 94.9 cm³/mol. The molecule has 3 atom stereocenters. The Morgan fingerprint density at radius 2 is 1.92 bits per heavy atom. The quantitative estimate of drug-likeness (QED) is 0.882. The van der Waals surface area contributed by atoms with Gasteiger partial charge in [0.25, 0.3) is 5.91 Å². The Kier molecular flexibility index (Phi) is 4.44. The molecule has 0 radical (unpaired) electrons. The summed E-state index contributed by atoms with van der Waals surface area (Å²) in [6.07, 6.45) is 4.47. The number of nitrogens with zero attached hydrogens (tertiary/aromatic N) is 2. The van der Waals surface area contributed by atoms with Crippen LogP contribution in [-0.2, 0) is 4.79 Å². The molecule has 7 heteroatoms. The summed E-state index contributed by atoms with van der Waals surface area (Å²) in [4.78, 5) is 26.3. The number of benzene rings is 1. The van der Waals surface area contributed by atoms with Crippen LogP contribution in [0.1, 0.15) is 42.6 Å². The van der Waals surface area contributed by atoms with E-state index in [-0.39, 0.29) is 23.6 Å². The second kappa shape index (κ2) is 6.76. The molecule has 3 unspecified atom stereocenters. The maximum absolute atomic E-state index is 13.0. The normalized spacial score (nSPS) is 25.1. The molecule has 1 aliphatic carbocycles. The number of aliphatic carboxylic acids is 1. The lowest BCUT2D eigenvalue weighted by Crippen LogP contribution is -2.46. The molecule has 26 heavy (non-hydrogen) atoms. The Labute approximate surface area is 155 Å². The van der Waals surface area contributed by atoms with Crippen LogP contribution >= 0.6 is 11.6 Å². The van der Waals surface area contributed by atoms with Gasteiger partial charge in [-0.3, -0.25) is 4.79 Å². The summed E-state index contributed by atoms with van der Waals surface area (Å²) in [5.41, 5.74) is 0.903. The summed E-state index contributed by atoms with van der Waals surface area (Å²) in [6.45, 7) is 0. The minimum absolute atomic E-state index is 0.0203. The Hall–Kier alpha value is -2.34. The molecule has 1 N–H and O–H groups in total. The van der Waals surface area contributed by atoms with Gasteiger partial charge in [-0.2, -0.15) is 0 Å². The molecular weight excluding hydrogens is 356 g/mol. The first kappa shape index (κ1) is 17.1. The minimum atomic E-state index is -0.950. The van der Waals surface area contributed by atoms with E-state index in [9.17, 15) is 14.7 Å². The van der Waals surface area contributed by atoms with Crippen molar-refractivity contribution in [2.24, 2.45) is 5.92 Å². The summed E-state index contributed by atoms with van der Waals surface area (Å²) < 4.78 is 5.32. The SMILES string of the molecule is O=C(O)C1CC2CCCCC2N1C(=O)c1cc(-c2ccc(Cl)cc2)on1. The average molecular weight is 375 g/mol. The summed E-state index contributed by atoms with van der Waals surface area (Å²) in [7, 11) is 0. The van der Waals surface area contributed by atoms with Gasteiger partial charge in [0.15, 0.2) is 11.5 Å². The molecule has 1 aliphatic heterocycles. The zero-order valence-corrected chi connectivity index (χ0v) is 14.9. The van der Waals surface area contributed by atoms with Crippen molar-refractivity contribution in [2.45, 2.75) is 44.2 Å². The first-order valence-corrected chi connectivity index (χ1v) is 9.20. The first-order valence-electron chi connectivity index (χ1n) is 8.82. The van der Waals surface area contributed by atoms with Crippen molar-refractivity contribution in [2.75, 3.05) is 0 Å². The third-order valence-electron chi connectivity index (χ3n) is 5.47. The van der Waals surface area contributed by atoms with Crippen molar-refractivity contribution in [3.05, 3.63) is 41.0 Å². The van der Waals surface area contributed by atoms with Crippen molar-refractivity contribution in [3.63, 3.8) is 0 Å². The lowest BCUT2D eigenvalue weighted by Gasteiger charge is -2.32. The maximum Gasteiger partial charge on any atom is 0.326 e. The van der Waals surface area contributed by atoms with E-state index < -0.39 is 12.0 Å². The minimum Gasteiger partial charge on any atom is -0.480 e. The van der Waals surface area contributed by atoms with Crippen LogP contribution in [0.3, 0.4) is 0 Å². The molecule has 1 amide bonds. The van der Waals surface area contributed by atoms with E-state index in [0.29, 0.717) is 17.2 Å². The summed E-state index contributed by atoms with van der Waals surface area (Å²) >= 11 is 5.89. The van der Waals surface area contributed by atoms with Gasteiger partial charge in [-0.25, -0.2) is 4.79 Å². The van der Waals surface area contributed by atoms with E-state index in [4.69, 9.17) is 16.1 Å². The summed E-state index contributed by atoms with van der Waals surface area (Å²) in [5, 5.41) is 14.1. The van der Waals surface area contributed by atoms with Gasteiger partial charge in [0.05, 0.1) is 0 Å². The number of aromatic nitrogens is 1. The highest BCUT2D eigenvalue weighted by molar-refractivity contribution is 6.30. The van der Waals surface area contributed by atoms with Gasteiger partial charge in [0.2, 0.25) is 0 Å². The van der Waals surface area contributed by atoms with E-state index in [2.05, 4.69) is 5.16 Å². The molecule has 1 saturated carbocycles. The number of carboxylic acids is 1. The number of rotatable bonds is 3. The number of carbonyl (C=O) groups excluding carboxylic acids is 1. The smallest absolute Gasteiger partial charge is 0.326 e. The predicted octanol–water partition coefficient (Wildman–Crippen LogP) is 3.85. The zero-order valence-electron chi connectivity index (χ0n) is 14.1. The Balaban J connectivity index is 1.61. The van der Waals surface area contributed by atoms with E-state index in [0.717, 1.165) is 31.2 Å². The zero-order chi connectivity index (χ0) is 18.3. The van der Waals surface area contributed by atoms with Crippen molar-refractivity contribution in [1.29, 1.82) is 0 Å². The summed E-state index contributed by atoms with van der Waals surface area (Å²) in [5.74, 6) is -0.599. The third kappa shape index (κ3) is 2.98. The molecule has 136 valence electrons. The number of hydrogen-bond donors (Lipinski definition) is 1. The fourth-order valence-corrected chi connectivity index (χ4v) is 4.36. The number of carboxylic acid groups (broad SMARTS) is 1. The van der Waals surface area contributed by atoms with Gasteiger partial charge < -0.3 is 14.5 Å². The lowest BCUT2D eigenvalue weighted by molar-refractivity contribution is -0.141. The van der Waals surface area contributed by atoms with Crippen LogP contribution < -0.4 is 0 Å². The molecule has 6 nitrogen and oxygen atoms in total. The standard InChI is InChI=1S/C19H19ClN2O4/c20-13-7-5-11(6-8-13)17-10-14(21-26-17)18(23)22-15-4-2-1-3-12(15)9-16(22)19(24)25/h5-8,10,12,15-16H,1-4,9H2,(H,24,25). The monoisotopic (exact) mass is 374 g/mol. The fraction of sp³-hybridized carbons (Fsp3) is 0.421. The lowest BCUT2D eigenvalue weighted by atomic mass is 9.84. The molecule has 1 saturated heterocycles. The van der Waals surface area contributed by atoms with Crippen LogP contribution in [0, 0.1) is 5.92 Å². The van der Waals surface area contributed by atoms with Gasteiger partial charge in [-0.1, -0.05) is 29.6 Å². The molecule has 0 bridgehead atoms. The molecule has 2 aromatic rings. The highest BCUT2D eigenvalue weighted by Gasteiger charge is 2.48. The largest absolute Gasteiger partial charge is 0.480 e. The molecule has 2 fully saturated rings. The Morgan fingerprint density at radius 1 is 1.19 bits per heavy atom. The van der Waals surface area contributed by atoms with Crippen LogP contribution in [0.25, 0.3) is 11.3 Å². The Bertz CT molecular complexity index is 832. The first-order chi connectivity index (χ1) is 12.5. The molecule has 4 rings (SSSR count). The van der Waals surface area contributed by atoms with Gasteiger partial charge in [0, 0.05) is 22.7 Å². The highest BCUT2D eigenvalue weighted by Crippen LogP contribution is 2.40. The molecule has 2 heterocycles. The van der Waals surface area contributed by atoms with Crippen LogP contribution in [0.5, 0.6) is 0 Å². The molecule has 2 aliphatic rings. The topological polar surface area (TPSA) is 83.6 Å². The number of fused-ring (bicyclic) bond motifs is 1. The second-order valence-electron chi connectivity index (χ2n) is 7.00. The molecular formula is C19H19ClN2O4. The van der Waals surface area contributed by atoms with Crippen LogP contribution in [0.4, 0.5) is 0 Å². The van der Waals surface area contributed by atoms with Gasteiger partial charge in [-0.05, 0) is 49.4 Å². The molecule has 1 aromatic heterocycles. The average Bonchev–Trinajstić information content (AvgIpc) is 3.27. The van der Waals surface area contributed by atoms with Crippen molar-refractivity contribution in [1.82, 2.24) is 10.1 Å². The third-order valence-corrected chi connectivity index (χ3v) is 5.72. The van der Waals surface area contributed by atoms with Crippen molar-refractivity contribution < 1.29 is 19.2 Å². The number of hydrogen-bond acceptors (Lipinski definition) is 4. The van der Waals surface area contributed by atoms with Crippen molar-refractivity contribution in [3.8, 4) is 11.3 Å². The van der Waals surface area contributed by atoms with Crippen molar-refractivity contribution >= 4 is 23.5 Å². The maximum atomic E-state index is 13.0. The highest BCUT2D eigenvalue weighted by atomic mass is 35.5.